The Balaban J connectivity index is 1.60. The average Bonchev–Trinajstić information content (AvgIpc) is 3.03. The Morgan fingerprint density at radius 3 is 2.88 bits per heavy atom. The van der Waals surface area contributed by atoms with E-state index in [0.717, 1.165) is 12.0 Å². The second-order valence-corrected chi connectivity index (χ2v) is 5.00. The molecule has 1 aromatic heterocycles. The number of unbranched alkanes of at least 4 members (excludes halogenated alkanes) is 1. The van der Waals surface area contributed by atoms with Gasteiger partial charge in [-0.25, -0.2) is 0 Å². The number of nitrogens with one attached hydrogen (secondary N) is 1. The Hall–Kier alpha value is -0.830. The third-order valence-electron chi connectivity index (χ3n) is 3.55. The summed E-state index contributed by atoms with van der Waals surface area (Å²) in [6.07, 6.45) is 12.1. The Morgan fingerprint density at radius 2 is 2.31 bits per heavy atom. The van der Waals surface area contributed by atoms with Crippen molar-refractivity contribution in [2.75, 3.05) is 7.05 Å². The van der Waals surface area contributed by atoms with Gasteiger partial charge in [0.05, 0.1) is 6.20 Å². The van der Waals surface area contributed by atoms with Crippen LogP contribution < -0.4 is 5.32 Å². The lowest BCUT2D eigenvalue weighted by Gasteiger charge is -2.14. The van der Waals surface area contributed by atoms with Gasteiger partial charge in [0.15, 0.2) is 0 Å². The van der Waals surface area contributed by atoms with Gasteiger partial charge in [-0.2, -0.15) is 5.10 Å². The van der Waals surface area contributed by atoms with Gasteiger partial charge >= 0.3 is 0 Å². The maximum absolute atomic E-state index is 4.19. The smallest absolute Gasteiger partial charge is 0.0521 e. The van der Waals surface area contributed by atoms with Crippen LogP contribution in [0.3, 0.4) is 0 Å². The van der Waals surface area contributed by atoms with Crippen molar-refractivity contribution in [3.05, 3.63) is 18.0 Å². The summed E-state index contributed by atoms with van der Waals surface area (Å²) in [5.41, 5.74) is 1.37. The molecule has 0 aliphatic heterocycles. The van der Waals surface area contributed by atoms with Crippen LogP contribution in [0, 0.1) is 5.92 Å². The van der Waals surface area contributed by atoms with Crippen LogP contribution in [0.25, 0.3) is 0 Å². The molecule has 0 saturated heterocycles. The maximum Gasteiger partial charge on any atom is 0.0521 e. The van der Waals surface area contributed by atoms with Crippen LogP contribution in [0.2, 0.25) is 0 Å². The number of rotatable bonds is 7. The molecule has 0 amide bonds. The van der Waals surface area contributed by atoms with Gasteiger partial charge in [0.25, 0.3) is 0 Å². The van der Waals surface area contributed by atoms with Gasteiger partial charge in [0.2, 0.25) is 0 Å². The molecule has 0 spiro atoms. The Kier molecular flexibility index (Phi) is 3.99. The van der Waals surface area contributed by atoms with E-state index in [9.17, 15) is 0 Å². The van der Waals surface area contributed by atoms with Gasteiger partial charge in [0, 0.05) is 19.3 Å². The molecule has 1 aromatic rings. The fourth-order valence-corrected chi connectivity index (χ4v) is 2.41. The molecule has 0 aromatic carbocycles. The van der Waals surface area contributed by atoms with Crippen LogP contribution in [0.1, 0.15) is 37.7 Å². The molecule has 1 N–H and O–H groups in total. The third-order valence-corrected chi connectivity index (χ3v) is 3.55. The molecule has 1 unspecified atom stereocenters. The lowest BCUT2D eigenvalue weighted by atomic mass is 10.0. The zero-order valence-electron chi connectivity index (χ0n) is 10.4. The lowest BCUT2D eigenvalue weighted by Crippen LogP contribution is -2.27. The topological polar surface area (TPSA) is 29.9 Å². The molecule has 0 bridgehead atoms. The van der Waals surface area contributed by atoms with Crippen LogP contribution >= 0.6 is 0 Å². The minimum absolute atomic E-state index is 0.772. The molecule has 0 radical (unpaired) electrons. The van der Waals surface area contributed by atoms with Gasteiger partial charge in [-0.3, -0.25) is 4.68 Å². The maximum atomic E-state index is 4.19. The predicted molar refractivity (Wildman–Crippen MR) is 66.3 cm³/mol. The van der Waals surface area contributed by atoms with Crippen molar-refractivity contribution in [2.45, 2.75) is 44.6 Å². The average molecular weight is 221 g/mol. The van der Waals surface area contributed by atoms with Crippen LogP contribution in [0.5, 0.6) is 0 Å². The fourth-order valence-electron chi connectivity index (χ4n) is 2.41. The van der Waals surface area contributed by atoms with Gasteiger partial charge in [0.1, 0.15) is 0 Å². The summed E-state index contributed by atoms with van der Waals surface area (Å²) in [5, 5.41) is 7.64. The SMILES string of the molecule is CNC(CCCCc1cnn(C)c1)C1CC1. The minimum Gasteiger partial charge on any atom is -0.317 e. The minimum atomic E-state index is 0.772. The van der Waals surface area contributed by atoms with E-state index in [0.29, 0.717) is 0 Å². The van der Waals surface area contributed by atoms with Crippen molar-refractivity contribution >= 4 is 0 Å². The molecule has 1 heterocycles. The standard InChI is InChI=1S/C13H23N3/c1-14-13(12-7-8-12)6-4-3-5-11-9-15-16(2)10-11/h9-10,12-14H,3-8H2,1-2H3. The van der Waals surface area contributed by atoms with Crippen molar-refractivity contribution in [1.82, 2.24) is 15.1 Å². The molecule has 2 rings (SSSR count). The summed E-state index contributed by atoms with van der Waals surface area (Å²) in [7, 11) is 4.08. The van der Waals surface area contributed by atoms with Gasteiger partial charge in [-0.1, -0.05) is 6.42 Å². The van der Waals surface area contributed by atoms with E-state index in [2.05, 4.69) is 23.7 Å². The molecular formula is C13H23N3. The first-order valence-corrected chi connectivity index (χ1v) is 6.44. The molecule has 1 atom stereocenters. The summed E-state index contributed by atoms with van der Waals surface area (Å²) in [5.74, 6) is 0.975. The predicted octanol–water partition coefficient (Wildman–Crippen LogP) is 2.13. The highest BCUT2D eigenvalue weighted by Crippen LogP contribution is 2.34. The van der Waals surface area contributed by atoms with E-state index < -0.39 is 0 Å². The number of aryl methyl sites for hydroxylation is 2. The normalized spacial score (nSPS) is 17.6. The summed E-state index contributed by atoms with van der Waals surface area (Å²) < 4.78 is 1.88. The van der Waals surface area contributed by atoms with Crippen LogP contribution in [0.15, 0.2) is 12.4 Å². The molecule has 3 heteroatoms. The molecule has 3 nitrogen and oxygen atoms in total. The fraction of sp³-hybridized carbons (Fsp3) is 0.769. The van der Waals surface area contributed by atoms with Crippen LogP contribution in [0.4, 0.5) is 0 Å². The summed E-state index contributed by atoms with van der Waals surface area (Å²) in [6, 6.07) is 0.772. The van der Waals surface area contributed by atoms with Crippen LogP contribution in [-0.4, -0.2) is 22.9 Å². The van der Waals surface area contributed by atoms with E-state index >= 15 is 0 Å². The van der Waals surface area contributed by atoms with Crippen molar-refractivity contribution in [3.63, 3.8) is 0 Å². The molecule has 90 valence electrons. The number of aromatic nitrogens is 2. The zero-order chi connectivity index (χ0) is 11.4. The van der Waals surface area contributed by atoms with Crippen LogP contribution in [-0.2, 0) is 13.5 Å². The summed E-state index contributed by atoms with van der Waals surface area (Å²) in [4.78, 5) is 0. The van der Waals surface area contributed by atoms with Gasteiger partial charge in [-0.05, 0) is 50.6 Å². The molecular weight excluding hydrogens is 198 g/mol. The number of hydrogen-bond donors (Lipinski definition) is 1. The molecule has 1 aliphatic carbocycles. The van der Waals surface area contributed by atoms with E-state index in [1.54, 1.807) is 0 Å². The van der Waals surface area contributed by atoms with Crippen molar-refractivity contribution in [1.29, 1.82) is 0 Å². The summed E-state index contributed by atoms with van der Waals surface area (Å²) in [6.45, 7) is 0. The monoisotopic (exact) mass is 221 g/mol. The quantitative estimate of drug-likeness (QED) is 0.715. The van der Waals surface area contributed by atoms with E-state index in [1.165, 1.54) is 44.1 Å². The van der Waals surface area contributed by atoms with E-state index in [4.69, 9.17) is 0 Å². The molecule has 1 fully saturated rings. The zero-order valence-corrected chi connectivity index (χ0v) is 10.4. The van der Waals surface area contributed by atoms with Crippen molar-refractivity contribution in [3.8, 4) is 0 Å². The van der Waals surface area contributed by atoms with Crippen molar-refractivity contribution < 1.29 is 0 Å². The van der Waals surface area contributed by atoms with Gasteiger partial charge in [-0.15, -0.1) is 0 Å². The third kappa shape index (κ3) is 3.34. The Morgan fingerprint density at radius 1 is 1.50 bits per heavy atom. The summed E-state index contributed by atoms with van der Waals surface area (Å²) >= 11 is 0. The molecule has 1 aliphatic rings. The first-order chi connectivity index (χ1) is 7.79. The van der Waals surface area contributed by atoms with Crippen molar-refractivity contribution in [2.24, 2.45) is 13.0 Å². The molecule has 1 saturated carbocycles. The Bertz CT molecular complexity index is 315. The van der Waals surface area contributed by atoms with Gasteiger partial charge < -0.3 is 5.32 Å². The van der Waals surface area contributed by atoms with E-state index in [1.807, 2.05) is 17.9 Å². The first kappa shape index (κ1) is 11.6. The highest BCUT2D eigenvalue weighted by molar-refractivity contribution is 5.03. The first-order valence-electron chi connectivity index (χ1n) is 6.44. The second kappa shape index (κ2) is 5.48. The molecule has 16 heavy (non-hydrogen) atoms. The second-order valence-electron chi connectivity index (χ2n) is 5.00. The highest BCUT2D eigenvalue weighted by Gasteiger charge is 2.29. The van der Waals surface area contributed by atoms with E-state index in [-0.39, 0.29) is 0 Å². The lowest BCUT2D eigenvalue weighted by molar-refractivity contribution is 0.449. The highest BCUT2D eigenvalue weighted by atomic mass is 15.2. The number of nitrogens with zero attached hydrogens (tertiary/aromatic N) is 2. The number of hydrogen-bond acceptors (Lipinski definition) is 2. The Labute approximate surface area is 98.2 Å². The largest absolute Gasteiger partial charge is 0.317 e.